The van der Waals surface area contributed by atoms with Gasteiger partial charge in [0.25, 0.3) is 0 Å². The molecule has 1 nitrogen and oxygen atoms in total. The molecule has 0 aromatic rings. The van der Waals surface area contributed by atoms with Crippen LogP contribution in [0.1, 0.15) is 104 Å². The van der Waals surface area contributed by atoms with Crippen LogP contribution in [0, 0.1) is 0 Å². The average Bonchev–Trinajstić information content (AvgIpc) is 2.55. The van der Waals surface area contributed by atoms with Crippen LogP contribution in [0.3, 0.4) is 0 Å². The molecule has 2 heteroatoms. The van der Waals surface area contributed by atoms with E-state index in [0.29, 0.717) is 0 Å². The quantitative estimate of drug-likeness (QED) is 0.238. The van der Waals surface area contributed by atoms with Crippen molar-refractivity contribution in [3.05, 3.63) is 0 Å². The van der Waals surface area contributed by atoms with E-state index in [2.05, 4.69) is 13.8 Å². The summed E-state index contributed by atoms with van der Waals surface area (Å²) in [4.78, 5) is 0. The normalized spacial score (nSPS) is 17.7. The first-order valence-electron chi connectivity index (χ1n) is 10.5. The van der Waals surface area contributed by atoms with E-state index in [1.165, 1.54) is 108 Å². The van der Waals surface area contributed by atoms with E-state index in [4.69, 9.17) is 4.43 Å². The fourth-order valence-electron chi connectivity index (χ4n) is 3.88. The van der Waals surface area contributed by atoms with Crippen LogP contribution in [0.5, 0.6) is 0 Å². The van der Waals surface area contributed by atoms with Crippen LogP contribution in [0.4, 0.5) is 0 Å². The second-order valence-corrected chi connectivity index (χ2v) is 11.7. The molecule has 0 bridgehead atoms. The second kappa shape index (κ2) is 13.6. The van der Waals surface area contributed by atoms with Crippen molar-refractivity contribution in [2.24, 2.45) is 0 Å². The summed E-state index contributed by atoms with van der Waals surface area (Å²) in [6.07, 6.45) is 20.0. The molecule has 22 heavy (non-hydrogen) atoms. The van der Waals surface area contributed by atoms with Gasteiger partial charge in [0.1, 0.15) is 0 Å². The lowest BCUT2D eigenvalue weighted by atomic mass is 10.1. The number of unbranched alkanes of at least 4 members (excludes halogenated alkanes) is 10. The summed E-state index contributed by atoms with van der Waals surface area (Å²) in [6.45, 7) is 5.69. The molecule has 0 radical (unpaired) electrons. The molecule has 0 saturated carbocycles. The summed E-state index contributed by atoms with van der Waals surface area (Å²) in [5.41, 5.74) is 0. The second-order valence-electron chi connectivity index (χ2n) is 7.52. The lowest BCUT2D eigenvalue weighted by molar-refractivity contribution is 0.263. The van der Waals surface area contributed by atoms with Gasteiger partial charge in [-0.2, -0.15) is 0 Å². The fourth-order valence-corrected chi connectivity index (χ4v) is 8.33. The van der Waals surface area contributed by atoms with E-state index in [9.17, 15) is 0 Å². The molecule has 1 heterocycles. The minimum absolute atomic E-state index is 1.08. The Hall–Kier alpha value is 0.177. The van der Waals surface area contributed by atoms with Crippen molar-refractivity contribution in [3.8, 4) is 0 Å². The number of hydrogen-bond donors (Lipinski definition) is 0. The zero-order valence-corrected chi connectivity index (χ0v) is 16.6. The lowest BCUT2D eigenvalue weighted by Crippen LogP contribution is -2.41. The molecule has 1 rings (SSSR count). The monoisotopic (exact) mass is 326 g/mol. The molecule has 1 aliphatic heterocycles. The smallest absolute Gasteiger partial charge is 0.192 e. The summed E-state index contributed by atoms with van der Waals surface area (Å²) in [7, 11) is -1.32. The van der Waals surface area contributed by atoms with E-state index in [1.807, 2.05) is 0 Å². The fraction of sp³-hybridized carbons (Fsp3) is 1.00. The number of rotatable bonds is 14. The molecule has 1 fully saturated rings. The van der Waals surface area contributed by atoms with Crippen LogP contribution in [0.2, 0.25) is 18.1 Å². The van der Waals surface area contributed by atoms with Gasteiger partial charge in [0, 0.05) is 6.61 Å². The van der Waals surface area contributed by atoms with Gasteiger partial charge >= 0.3 is 0 Å². The molecule has 0 amide bonds. The molecule has 0 aromatic heterocycles. The van der Waals surface area contributed by atoms with E-state index in [0.717, 1.165) is 6.61 Å². The summed E-state index contributed by atoms with van der Waals surface area (Å²) >= 11 is 0. The van der Waals surface area contributed by atoms with Crippen molar-refractivity contribution in [3.63, 3.8) is 0 Å². The molecular weight excluding hydrogens is 284 g/mol. The maximum atomic E-state index is 6.46. The molecular formula is C20H42OSi. The Morgan fingerprint density at radius 3 is 1.59 bits per heavy atom. The third kappa shape index (κ3) is 9.35. The molecule has 0 spiro atoms. The summed E-state index contributed by atoms with van der Waals surface area (Å²) < 4.78 is 6.46. The van der Waals surface area contributed by atoms with Gasteiger partial charge in [-0.05, 0) is 24.6 Å². The van der Waals surface area contributed by atoms with E-state index in [1.54, 1.807) is 0 Å². The maximum Gasteiger partial charge on any atom is 0.192 e. The molecule has 0 aliphatic carbocycles. The Morgan fingerprint density at radius 2 is 1.14 bits per heavy atom. The first-order valence-corrected chi connectivity index (χ1v) is 13.0. The van der Waals surface area contributed by atoms with E-state index in [-0.39, 0.29) is 0 Å². The van der Waals surface area contributed by atoms with Crippen molar-refractivity contribution < 1.29 is 4.43 Å². The Morgan fingerprint density at radius 1 is 0.636 bits per heavy atom. The van der Waals surface area contributed by atoms with Gasteiger partial charge in [-0.1, -0.05) is 97.3 Å². The number of hydrogen-bond acceptors (Lipinski definition) is 1. The van der Waals surface area contributed by atoms with Crippen LogP contribution >= 0.6 is 0 Å². The Kier molecular flexibility index (Phi) is 12.5. The zero-order chi connectivity index (χ0) is 15.9. The van der Waals surface area contributed by atoms with Crippen molar-refractivity contribution in [1.29, 1.82) is 0 Å². The summed E-state index contributed by atoms with van der Waals surface area (Å²) in [6, 6.07) is 4.40. The van der Waals surface area contributed by atoms with Crippen LogP contribution < -0.4 is 0 Å². The molecule has 1 saturated heterocycles. The Bertz CT molecular complexity index is 218. The van der Waals surface area contributed by atoms with Crippen molar-refractivity contribution in [1.82, 2.24) is 0 Å². The maximum absolute atomic E-state index is 6.46. The van der Waals surface area contributed by atoms with Crippen LogP contribution in [0.15, 0.2) is 0 Å². The topological polar surface area (TPSA) is 9.23 Å². The van der Waals surface area contributed by atoms with Gasteiger partial charge in [0.15, 0.2) is 8.32 Å². The van der Waals surface area contributed by atoms with Gasteiger partial charge in [-0.25, -0.2) is 0 Å². The largest absolute Gasteiger partial charge is 0.417 e. The highest BCUT2D eigenvalue weighted by atomic mass is 28.4. The molecule has 0 N–H and O–H groups in total. The van der Waals surface area contributed by atoms with Crippen molar-refractivity contribution in [2.45, 2.75) is 122 Å². The third-order valence-corrected chi connectivity index (χ3v) is 10.0. The first kappa shape index (κ1) is 20.2. The highest BCUT2D eigenvalue weighted by molar-refractivity contribution is 6.73. The average molecular weight is 327 g/mol. The lowest BCUT2D eigenvalue weighted by Gasteiger charge is -2.35. The Balaban J connectivity index is 2.17. The summed E-state index contributed by atoms with van der Waals surface area (Å²) in [5, 5.41) is 0. The van der Waals surface area contributed by atoms with Crippen molar-refractivity contribution >= 4 is 8.32 Å². The molecule has 0 aromatic carbocycles. The Labute approximate surface area is 141 Å². The van der Waals surface area contributed by atoms with Gasteiger partial charge < -0.3 is 4.43 Å². The minimum Gasteiger partial charge on any atom is -0.417 e. The third-order valence-electron chi connectivity index (χ3n) is 5.41. The predicted octanol–water partition coefficient (Wildman–Crippen LogP) is 7.46. The standard InChI is InChI=1S/C20H42OSi/c1-3-5-7-9-11-14-18-22(20-16-13-17-21-22)19-15-12-10-8-6-4-2/h3-20H2,1-2H3. The SMILES string of the molecule is CCCCCCCC[Si]1(CCCCCCCC)CCCCO1. The summed E-state index contributed by atoms with van der Waals surface area (Å²) in [5.74, 6) is 0. The zero-order valence-electron chi connectivity index (χ0n) is 15.6. The highest BCUT2D eigenvalue weighted by Crippen LogP contribution is 2.33. The van der Waals surface area contributed by atoms with Gasteiger partial charge in [-0.15, -0.1) is 0 Å². The van der Waals surface area contributed by atoms with Crippen molar-refractivity contribution in [2.75, 3.05) is 6.61 Å². The van der Waals surface area contributed by atoms with Crippen LogP contribution in [-0.2, 0) is 4.43 Å². The van der Waals surface area contributed by atoms with Crippen LogP contribution in [-0.4, -0.2) is 14.9 Å². The molecule has 0 unspecified atom stereocenters. The van der Waals surface area contributed by atoms with Crippen LogP contribution in [0.25, 0.3) is 0 Å². The predicted molar refractivity (Wildman–Crippen MR) is 102 cm³/mol. The highest BCUT2D eigenvalue weighted by Gasteiger charge is 2.35. The first-order chi connectivity index (χ1) is 10.8. The van der Waals surface area contributed by atoms with Gasteiger partial charge in [0.05, 0.1) is 0 Å². The van der Waals surface area contributed by atoms with Gasteiger partial charge in [-0.3, -0.25) is 0 Å². The molecule has 0 atom stereocenters. The van der Waals surface area contributed by atoms with E-state index < -0.39 is 8.32 Å². The van der Waals surface area contributed by atoms with E-state index >= 15 is 0 Å². The van der Waals surface area contributed by atoms with Gasteiger partial charge in [0.2, 0.25) is 0 Å². The molecule has 1 aliphatic rings. The molecule has 132 valence electrons. The minimum atomic E-state index is -1.32.